The van der Waals surface area contributed by atoms with Crippen LogP contribution in [0.25, 0.3) is 11.0 Å². The van der Waals surface area contributed by atoms with Crippen LogP contribution in [-0.4, -0.2) is 39.5 Å². The van der Waals surface area contributed by atoms with Crippen molar-refractivity contribution in [3.05, 3.63) is 131 Å². The number of hydrogen-bond acceptors (Lipinski definition) is 6. The maximum atomic E-state index is 13.9. The van der Waals surface area contributed by atoms with E-state index in [1.165, 1.54) is 5.56 Å². The molecule has 5 aromatic rings. The van der Waals surface area contributed by atoms with Crippen LogP contribution in [0.5, 0.6) is 0 Å². The predicted molar refractivity (Wildman–Crippen MR) is 184 cm³/mol. The molecule has 4 N–H and O–H groups in total. The molecule has 242 valence electrons. The maximum absolute atomic E-state index is 13.9. The van der Waals surface area contributed by atoms with Gasteiger partial charge in [-0.25, -0.2) is 4.98 Å². The largest absolute Gasteiger partial charge is 0.347 e. The third kappa shape index (κ3) is 5.93. The summed E-state index contributed by atoms with van der Waals surface area (Å²) < 4.78 is 1.99. The molecule has 48 heavy (non-hydrogen) atoms. The van der Waals surface area contributed by atoms with Gasteiger partial charge in [0.05, 0.1) is 17.6 Å². The second-order valence-electron chi connectivity index (χ2n) is 12.8. The first-order chi connectivity index (χ1) is 23.3. The Hall–Kier alpha value is -5.41. The van der Waals surface area contributed by atoms with Crippen molar-refractivity contribution in [2.45, 2.75) is 50.1 Å². The Balaban J connectivity index is 1.09. The molecule has 2 aliphatic rings. The van der Waals surface area contributed by atoms with Gasteiger partial charge in [0.2, 0.25) is 11.8 Å². The van der Waals surface area contributed by atoms with Gasteiger partial charge in [0.25, 0.3) is 0 Å². The number of aromatic nitrogens is 2. The summed E-state index contributed by atoms with van der Waals surface area (Å²) in [7, 11) is 0. The minimum absolute atomic E-state index is 0.0694. The van der Waals surface area contributed by atoms with Gasteiger partial charge in [-0.05, 0) is 67.0 Å². The van der Waals surface area contributed by atoms with E-state index in [1.807, 2.05) is 59.2 Å². The summed E-state index contributed by atoms with van der Waals surface area (Å²) in [6, 6.07) is 31.9. The number of para-hydroxylation sites is 3. The SMILES string of the molecule is NC1(c2nc3ccccc3n2Cc2ccccc2C2CCC(C(=O)NCC(=O)Nc3ccccc3)CC2)CC(=O)c2ccccc2C1=O. The van der Waals surface area contributed by atoms with Crippen molar-refractivity contribution in [3.63, 3.8) is 0 Å². The Bertz CT molecular complexity index is 2030. The first kappa shape index (κ1) is 31.2. The van der Waals surface area contributed by atoms with Crippen molar-refractivity contribution in [2.24, 2.45) is 11.7 Å². The van der Waals surface area contributed by atoms with Crippen LogP contribution in [0.2, 0.25) is 0 Å². The quantitative estimate of drug-likeness (QED) is 0.198. The molecule has 9 nitrogen and oxygen atoms in total. The van der Waals surface area contributed by atoms with Gasteiger partial charge in [0.1, 0.15) is 11.4 Å². The van der Waals surface area contributed by atoms with Crippen LogP contribution in [-0.2, 0) is 21.7 Å². The number of benzene rings is 4. The van der Waals surface area contributed by atoms with Crippen molar-refractivity contribution in [3.8, 4) is 0 Å². The standard InChI is InChI=1S/C39H37N5O4/c40-39(22-34(45)30-14-6-7-15-31(30)36(39)47)38-43-32-16-8-9-17-33(32)44(38)24-27-10-4-5-13-29(27)25-18-20-26(21-19-25)37(48)41-23-35(46)42-28-11-2-1-3-12-28/h1-17,25-26H,18-24,40H2,(H,41,48)(H,42,46). The van der Waals surface area contributed by atoms with E-state index in [0.29, 0.717) is 47.5 Å². The van der Waals surface area contributed by atoms with E-state index in [-0.39, 0.29) is 48.2 Å². The van der Waals surface area contributed by atoms with Gasteiger partial charge in [-0.1, -0.05) is 78.9 Å². The highest BCUT2D eigenvalue weighted by molar-refractivity contribution is 6.18. The van der Waals surface area contributed by atoms with Gasteiger partial charge in [-0.3, -0.25) is 19.2 Å². The van der Waals surface area contributed by atoms with Crippen LogP contribution in [0, 0.1) is 5.92 Å². The third-order valence-corrected chi connectivity index (χ3v) is 9.77. The molecule has 0 radical (unpaired) electrons. The molecule has 1 unspecified atom stereocenters. The number of hydrogen-bond donors (Lipinski definition) is 3. The zero-order chi connectivity index (χ0) is 33.3. The average molecular weight is 640 g/mol. The monoisotopic (exact) mass is 639 g/mol. The van der Waals surface area contributed by atoms with E-state index in [9.17, 15) is 19.2 Å². The van der Waals surface area contributed by atoms with Crippen LogP contribution >= 0.6 is 0 Å². The lowest BCUT2D eigenvalue weighted by atomic mass is 9.76. The molecule has 1 saturated carbocycles. The summed E-state index contributed by atoms with van der Waals surface area (Å²) in [6.07, 6.45) is 2.92. The molecule has 1 fully saturated rings. The number of ketones is 2. The van der Waals surface area contributed by atoms with Gasteiger partial charge in [-0.15, -0.1) is 0 Å². The molecule has 4 aromatic carbocycles. The second-order valence-corrected chi connectivity index (χ2v) is 12.8. The summed E-state index contributed by atoms with van der Waals surface area (Å²) in [6.45, 7) is 0.352. The summed E-state index contributed by atoms with van der Waals surface area (Å²) in [5.41, 5.74) is 10.5. The molecule has 2 aliphatic carbocycles. The molecule has 0 aliphatic heterocycles. The smallest absolute Gasteiger partial charge is 0.243 e. The first-order valence-electron chi connectivity index (χ1n) is 16.4. The van der Waals surface area contributed by atoms with Gasteiger partial charge < -0.3 is 20.9 Å². The van der Waals surface area contributed by atoms with Gasteiger partial charge in [0, 0.05) is 35.7 Å². The molecule has 0 spiro atoms. The molecule has 7 rings (SSSR count). The van der Waals surface area contributed by atoms with Crippen molar-refractivity contribution in [2.75, 3.05) is 11.9 Å². The van der Waals surface area contributed by atoms with E-state index in [0.717, 1.165) is 23.9 Å². The molecular weight excluding hydrogens is 602 g/mol. The van der Waals surface area contributed by atoms with Crippen LogP contribution < -0.4 is 16.4 Å². The molecule has 2 amide bonds. The maximum Gasteiger partial charge on any atom is 0.243 e. The summed E-state index contributed by atoms with van der Waals surface area (Å²) in [4.78, 5) is 57.4. The van der Waals surface area contributed by atoms with Gasteiger partial charge in [-0.2, -0.15) is 0 Å². The molecule has 0 saturated heterocycles. The fourth-order valence-corrected chi connectivity index (χ4v) is 7.30. The Morgan fingerprint density at radius 2 is 1.48 bits per heavy atom. The topological polar surface area (TPSA) is 136 Å². The van der Waals surface area contributed by atoms with Crippen LogP contribution in [0.4, 0.5) is 5.69 Å². The predicted octanol–water partition coefficient (Wildman–Crippen LogP) is 5.74. The molecule has 0 bridgehead atoms. The van der Waals surface area contributed by atoms with Crippen molar-refractivity contribution < 1.29 is 19.2 Å². The second kappa shape index (κ2) is 13.0. The summed E-state index contributed by atoms with van der Waals surface area (Å²) in [5, 5.41) is 5.61. The molecular formula is C39H37N5O4. The number of nitrogens with one attached hydrogen (secondary N) is 2. The van der Waals surface area contributed by atoms with Crippen molar-refractivity contribution in [1.82, 2.24) is 14.9 Å². The lowest BCUT2D eigenvalue weighted by molar-refractivity contribution is -0.128. The zero-order valence-electron chi connectivity index (χ0n) is 26.5. The fraction of sp³-hybridized carbons (Fsp3) is 0.256. The van der Waals surface area contributed by atoms with E-state index in [4.69, 9.17) is 10.7 Å². The Kier molecular flexibility index (Phi) is 8.45. The number of nitrogens with zero attached hydrogens (tertiary/aromatic N) is 2. The summed E-state index contributed by atoms with van der Waals surface area (Å²) >= 11 is 0. The third-order valence-electron chi connectivity index (χ3n) is 9.77. The van der Waals surface area contributed by atoms with Crippen LogP contribution in [0.15, 0.2) is 103 Å². The Morgan fingerprint density at radius 1 is 0.812 bits per heavy atom. The fourth-order valence-electron chi connectivity index (χ4n) is 7.30. The number of anilines is 1. The molecule has 1 aromatic heterocycles. The molecule has 9 heteroatoms. The number of fused-ring (bicyclic) bond motifs is 2. The number of carbonyl (C=O) groups excluding carboxylic acids is 4. The van der Waals surface area contributed by atoms with Gasteiger partial charge in [0.15, 0.2) is 11.6 Å². The first-order valence-corrected chi connectivity index (χ1v) is 16.4. The zero-order valence-corrected chi connectivity index (χ0v) is 26.5. The molecule has 1 atom stereocenters. The number of Topliss-reactive ketones (excluding diaryl/α,β-unsaturated/α-hetero) is 2. The van der Waals surface area contributed by atoms with E-state index < -0.39 is 5.54 Å². The highest BCUT2D eigenvalue weighted by Gasteiger charge is 2.47. The number of rotatable bonds is 8. The highest BCUT2D eigenvalue weighted by atomic mass is 16.2. The van der Waals surface area contributed by atoms with Gasteiger partial charge >= 0.3 is 0 Å². The lowest BCUT2D eigenvalue weighted by Crippen LogP contribution is -2.51. The number of nitrogens with two attached hydrogens (primary N) is 1. The Morgan fingerprint density at radius 3 is 2.27 bits per heavy atom. The van der Waals surface area contributed by atoms with Crippen molar-refractivity contribution in [1.29, 1.82) is 0 Å². The average Bonchev–Trinajstić information content (AvgIpc) is 3.49. The minimum atomic E-state index is -1.61. The molecule has 1 heterocycles. The lowest BCUT2D eigenvalue weighted by Gasteiger charge is -2.32. The minimum Gasteiger partial charge on any atom is -0.347 e. The number of amides is 2. The Labute approximate surface area is 278 Å². The number of carbonyl (C=O) groups is 4. The van der Waals surface area contributed by atoms with E-state index >= 15 is 0 Å². The van der Waals surface area contributed by atoms with E-state index in [2.05, 4.69) is 22.8 Å². The normalized spacial score (nSPS) is 20.7. The van der Waals surface area contributed by atoms with E-state index in [1.54, 1.807) is 36.4 Å². The van der Waals surface area contributed by atoms with Crippen LogP contribution in [0.1, 0.15) is 75.7 Å². The number of imidazole rings is 1. The highest BCUT2D eigenvalue weighted by Crippen LogP contribution is 2.39. The summed E-state index contributed by atoms with van der Waals surface area (Å²) in [5.74, 6) is -0.380. The van der Waals surface area contributed by atoms with Crippen molar-refractivity contribution >= 4 is 40.1 Å². The van der Waals surface area contributed by atoms with Crippen LogP contribution in [0.3, 0.4) is 0 Å².